The van der Waals surface area contributed by atoms with E-state index in [0.29, 0.717) is 24.3 Å². The first-order valence-electron chi connectivity index (χ1n) is 15.0. The highest BCUT2D eigenvalue weighted by Crippen LogP contribution is 2.57. The van der Waals surface area contributed by atoms with Crippen molar-refractivity contribution in [3.05, 3.63) is 22.5 Å². The topological polar surface area (TPSA) is 147 Å². The van der Waals surface area contributed by atoms with E-state index in [9.17, 15) is 19.2 Å². The van der Waals surface area contributed by atoms with E-state index in [-0.39, 0.29) is 48.7 Å². The monoisotopic (exact) mass is 569 g/mol. The number of hydrogen-bond acceptors (Lipinski definition) is 9. The van der Waals surface area contributed by atoms with Crippen LogP contribution in [-0.2, 0) is 25.7 Å². The number of nitrogens with two attached hydrogens (primary N) is 1. The Hall–Kier alpha value is -3.24. The van der Waals surface area contributed by atoms with Gasteiger partial charge in [-0.25, -0.2) is 9.36 Å². The molecule has 2 saturated carbocycles. The first-order chi connectivity index (χ1) is 19.5. The number of hydrogen-bond donors (Lipinski definition) is 1. The average Bonchev–Trinajstić information content (AvgIpc) is 3.48. The highest BCUT2D eigenvalue weighted by atomic mass is 16.5. The number of nitrogens with zero attached hydrogens (tertiary/aromatic N) is 4. The number of ether oxygens (including phenoxy) is 2. The molecule has 0 aromatic carbocycles. The Morgan fingerprint density at radius 3 is 2.49 bits per heavy atom. The van der Waals surface area contributed by atoms with Crippen LogP contribution in [0.25, 0.3) is 6.08 Å². The smallest absolute Gasteiger partial charge is 0.353 e. The first kappa shape index (κ1) is 29.3. The second-order valence-electron chi connectivity index (χ2n) is 13.3. The van der Waals surface area contributed by atoms with Gasteiger partial charge in [-0.15, -0.1) is 0 Å². The van der Waals surface area contributed by atoms with Crippen molar-refractivity contribution < 1.29 is 23.9 Å². The van der Waals surface area contributed by atoms with E-state index in [1.165, 1.54) is 28.2 Å². The number of carbonyl (C=O) groups is 3. The van der Waals surface area contributed by atoms with Gasteiger partial charge in [0.05, 0.1) is 24.9 Å². The van der Waals surface area contributed by atoms with Gasteiger partial charge in [0.15, 0.2) is 5.82 Å². The van der Waals surface area contributed by atoms with Gasteiger partial charge in [0.25, 0.3) is 0 Å². The molecule has 0 radical (unpaired) electrons. The second-order valence-corrected chi connectivity index (χ2v) is 13.3. The number of esters is 1. The number of aldehydes is 1. The summed E-state index contributed by atoms with van der Waals surface area (Å²) < 4.78 is 13.8. The zero-order chi connectivity index (χ0) is 29.5. The van der Waals surface area contributed by atoms with Crippen LogP contribution in [0.5, 0.6) is 6.01 Å². The van der Waals surface area contributed by atoms with Crippen LogP contribution in [0, 0.1) is 35.0 Å². The average molecular weight is 570 g/mol. The molecule has 2 unspecified atom stereocenters. The Morgan fingerprint density at radius 1 is 1.00 bits per heavy atom. The Labute approximate surface area is 240 Å². The van der Waals surface area contributed by atoms with Crippen molar-refractivity contribution in [2.75, 3.05) is 6.54 Å². The zero-order valence-corrected chi connectivity index (χ0v) is 24.5. The molecule has 2 bridgehead atoms. The molecule has 1 amide bonds. The molecule has 5 rings (SSSR count). The van der Waals surface area contributed by atoms with Gasteiger partial charge in [-0.3, -0.25) is 9.59 Å². The van der Waals surface area contributed by atoms with Gasteiger partial charge in [0.2, 0.25) is 5.91 Å². The second kappa shape index (κ2) is 11.6. The minimum Gasteiger partial charge on any atom is -0.462 e. The first-order valence-corrected chi connectivity index (χ1v) is 15.0. The maximum absolute atomic E-state index is 14.0. The quantitative estimate of drug-likeness (QED) is 0.419. The fourth-order valence-corrected chi connectivity index (χ4v) is 7.09. The minimum atomic E-state index is -0.743. The molecule has 224 valence electrons. The van der Waals surface area contributed by atoms with Gasteiger partial charge in [-0.1, -0.05) is 40.5 Å². The summed E-state index contributed by atoms with van der Waals surface area (Å²) in [5.41, 5.74) is 4.50. The van der Waals surface area contributed by atoms with Gasteiger partial charge in [-0.2, -0.15) is 9.97 Å². The number of amides is 1. The molecule has 41 heavy (non-hydrogen) atoms. The van der Waals surface area contributed by atoms with Gasteiger partial charge in [0, 0.05) is 12.5 Å². The highest BCUT2D eigenvalue weighted by molar-refractivity contribution is 5.87. The third-order valence-electron chi connectivity index (χ3n) is 9.62. The van der Waals surface area contributed by atoms with Gasteiger partial charge < -0.3 is 24.9 Å². The van der Waals surface area contributed by atoms with E-state index in [2.05, 4.69) is 9.97 Å². The molecule has 2 aliphatic carbocycles. The molecule has 3 heterocycles. The van der Waals surface area contributed by atoms with E-state index in [0.717, 1.165) is 38.4 Å². The maximum atomic E-state index is 14.0. The summed E-state index contributed by atoms with van der Waals surface area (Å²) in [7, 11) is 0. The summed E-state index contributed by atoms with van der Waals surface area (Å²) in [5, 5.41) is 0. The Morgan fingerprint density at radius 2 is 1.78 bits per heavy atom. The van der Waals surface area contributed by atoms with Gasteiger partial charge in [-0.05, 0) is 61.1 Å². The van der Waals surface area contributed by atoms with Gasteiger partial charge in [0.1, 0.15) is 18.5 Å². The Bertz CT molecular complexity index is 1250. The number of fused-ring (bicyclic) bond motifs is 6. The molecule has 2 N–H and O–H groups in total. The molecule has 11 heteroatoms. The molecule has 1 saturated heterocycles. The van der Waals surface area contributed by atoms with Crippen LogP contribution in [0.2, 0.25) is 0 Å². The Kier molecular flexibility index (Phi) is 8.25. The fourth-order valence-electron chi connectivity index (χ4n) is 7.09. The highest BCUT2D eigenvalue weighted by Gasteiger charge is 2.54. The number of carbonyl (C=O) groups excluding carboxylic acids is 3. The summed E-state index contributed by atoms with van der Waals surface area (Å²) >= 11 is 0. The predicted octanol–water partition coefficient (Wildman–Crippen LogP) is 2.56. The van der Waals surface area contributed by atoms with Crippen LogP contribution in [0.1, 0.15) is 78.5 Å². The molecule has 1 aromatic heterocycles. The molecule has 0 spiro atoms. The molecule has 1 aromatic rings. The third-order valence-corrected chi connectivity index (χ3v) is 9.62. The van der Waals surface area contributed by atoms with Gasteiger partial charge >= 0.3 is 17.7 Å². The van der Waals surface area contributed by atoms with Crippen molar-refractivity contribution in [1.82, 2.24) is 19.4 Å². The van der Waals surface area contributed by atoms with Crippen LogP contribution in [0.15, 0.2) is 11.0 Å². The molecular weight excluding hydrogens is 526 g/mol. The van der Waals surface area contributed by atoms with Crippen molar-refractivity contribution in [2.45, 2.75) is 97.4 Å². The molecule has 4 aliphatic rings. The van der Waals surface area contributed by atoms with Crippen LogP contribution in [0.3, 0.4) is 0 Å². The lowest BCUT2D eigenvalue weighted by atomic mass is 9.77. The minimum absolute atomic E-state index is 0.0386. The molecular formula is C30H43N5O6. The van der Waals surface area contributed by atoms with Crippen LogP contribution >= 0.6 is 0 Å². The summed E-state index contributed by atoms with van der Waals surface area (Å²) in [4.78, 5) is 62.6. The van der Waals surface area contributed by atoms with Crippen molar-refractivity contribution >= 4 is 24.2 Å². The van der Waals surface area contributed by atoms with Crippen molar-refractivity contribution in [1.29, 1.82) is 0 Å². The fraction of sp³-hybridized carbons (Fsp3) is 0.733. The number of aromatic nitrogens is 3. The zero-order valence-electron chi connectivity index (χ0n) is 24.5. The lowest BCUT2D eigenvalue weighted by Gasteiger charge is -2.34. The van der Waals surface area contributed by atoms with Crippen LogP contribution < -0.4 is 16.2 Å². The summed E-state index contributed by atoms with van der Waals surface area (Å²) in [6, 6.07) is -0.644. The Balaban J connectivity index is 1.49. The summed E-state index contributed by atoms with van der Waals surface area (Å²) in [5.74, 6) is 0.0350. The van der Waals surface area contributed by atoms with Crippen molar-refractivity contribution in [3.8, 4) is 6.01 Å². The standard InChI is InChI=1S/C30H43N5O6/c1-17-22(16-36)35-15-24(17)41-29-33-25(9-10-31)32-28(39)34(29)11-7-5-6-8-19-20-12-18(20)13-23(19)40-26(37)14-21(27(35)38)30(2,3)4/h9-10,16-24H,5-8,11-15,31H2,1-4H3/t17-,18?,19+,20?,21+,22+,23+,24-/m0/s1. The molecule has 8 atom stereocenters. The molecule has 2 aliphatic heterocycles. The largest absolute Gasteiger partial charge is 0.462 e. The third kappa shape index (κ3) is 6.04. The maximum Gasteiger partial charge on any atom is 0.353 e. The predicted molar refractivity (Wildman–Crippen MR) is 150 cm³/mol. The van der Waals surface area contributed by atoms with E-state index < -0.39 is 29.2 Å². The van der Waals surface area contributed by atoms with Crippen molar-refractivity contribution in [3.63, 3.8) is 0 Å². The molecule has 11 nitrogen and oxygen atoms in total. The van der Waals surface area contributed by atoms with E-state index in [1.807, 2.05) is 27.7 Å². The SMILES string of the molecule is C[C@@H]1[C@@H]2CN(C(=O)[C@H](C(C)(C)C)CC(=O)O[C@@H]3CC4CC4[C@H]3CCCCCn3c(nc(C=CN)nc3=O)O2)[C@@H]1C=O. The van der Waals surface area contributed by atoms with Crippen LogP contribution in [-0.4, -0.2) is 62.4 Å². The molecule has 3 fully saturated rings. The van der Waals surface area contributed by atoms with E-state index in [4.69, 9.17) is 15.2 Å². The lowest BCUT2D eigenvalue weighted by Crippen LogP contribution is -2.46. The van der Waals surface area contributed by atoms with E-state index >= 15 is 0 Å². The van der Waals surface area contributed by atoms with E-state index in [1.54, 1.807) is 0 Å². The summed E-state index contributed by atoms with van der Waals surface area (Å²) in [6.45, 7) is 8.13. The number of rotatable bonds is 2. The lowest BCUT2D eigenvalue weighted by molar-refractivity contribution is -0.158. The van der Waals surface area contributed by atoms with Crippen molar-refractivity contribution in [2.24, 2.45) is 40.7 Å². The normalized spacial score (nSPS) is 34.6. The van der Waals surface area contributed by atoms with Crippen LogP contribution in [0.4, 0.5) is 0 Å². The summed E-state index contributed by atoms with van der Waals surface area (Å²) in [6.07, 6.45) is 8.33.